The van der Waals surface area contributed by atoms with E-state index < -0.39 is 6.04 Å². The number of rotatable bonds is 7. The van der Waals surface area contributed by atoms with Crippen LogP contribution in [-0.4, -0.2) is 55.7 Å². The molecule has 1 rings (SSSR count). The lowest BCUT2D eigenvalue weighted by Crippen LogP contribution is -2.48. The molecule has 0 aromatic rings. The minimum Gasteiger partial charge on any atom is -0.379 e. The van der Waals surface area contributed by atoms with Gasteiger partial charge in [0.15, 0.2) is 0 Å². The fraction of sp³-hybridized carbons (Fsp3) is 0.929. The quantitative estimate of drug-likeness (QED) is 0.711. The van der Waals surface area contributed by atoms with Crippen LogP contribution in [0.25, 0.3) is 0 Å². The standard InChI is InChI=1S/C14H29N3O2/c1-4-11(2)13(15)14(18)16-12(3)5-6-17-7-9-19-10-8-17/h11-13H,4-10,15H2,1-3H3,(H,16,18). The Hall–Kier alpha value is -0.650. The van der Waals surface area contributed by atoms with Gasteiger partial charge in [-0.25, -0.2) is 0 Å². The van der Waals surface area contributed by atoms with E-state index in [-0.39, 0.29) is 17.9 Å². The minimum atomic E-state index is -0.393. The summed E-state index contributed by atoms with van der Waals surface area (Å²) < 4.78 is 5.31. The van der Waals surface area contributed by atoms with Crippen molar-refractivity contribution in [2.45, 2.75) is 45.7 Å². The van der Waals surface area contributed by atoms with Crippen molar-refractivity contribution < 1.29 is 9.53 Å². The van der Waals surface area contributed by atoms with Gasteiger partial charge < -0.3 is 15.8 Å². The van der Waals surface area contributed by atoms with Crippen molar-refractivity contribution in [1.82, 2.24) is 10.2 Å². The van der Waals surface area contributed by atoms with E-state index in [1.165, 1.54) is 0 Å². The number of ether oxygens (including phenoxy) is 1. The maximum atomic E-state index is 11.9. The minimum absolute atomic E-state index is 0.0242. The Balaban J connectivity index is 2.22. The zero-order valence-electron chi connectivity index (χ0n) is 12.5. The van der Waals surface area contributed by atoms with E-state index in [0.717, 1.165) is 45.7 Å². The third-order valence-corrected chi connectivity index (χ3v) is 3.93. The summed E-state index contributed by atoms with van der Waals surface area (Å²) in [4.78, 5) is 14.3. The summed E-state index contributed by atoms with van der Waals surface area (Å²) in [5, 5.41) is 3.01. The molecule has 1 aliphatic rings. The highest BCUT2D eigenvalue weighted by Crippen LogP contribution is 2.06. The first-order valence-corrected chi connectivity index (χ1v) is 7.40. The number of carbonyl (C=O) groups is 1. The van der Waals surface area contributed by atoms with E-state index >= 15 is 0 Å². The number of morpholine rings is 1. The first kappa shape index (κ1) is 16.4. The van der Waals surface area contributed by atoms with Crippen LogP contribution in [0.3, 0.4) is 0 Å². The van der Waals surface area contributed by atoms with Gasteiger partial charge in [0, 0.05) is 25.7 Å². The van der Waals surface area contributed by atoms with Crippen molar-refractivity contribution in [3.8, 4) is 0 Å². The van der Waals surface area contributed by atoms with Gasteiger partial charge in [0.2, 0.25) is 5.91 Å². The number of hydrogen-bond donors (Lipinski definition) is 2. The molecular formula is C14H29N3O2. The van der Waals surface area contributed by atoms with E-state index in [4.69, 9.17) is 10.5 Å². The number of hydrogen-bond acceptors (Lipinski definition) is 4. The number of nitrogens with one attached hydrogen (secondary N) is 1. The predicted octanol–water partition coefficient (Wildman–Crippen LogP) is 0.587. The van der Waals surface area contributed by atoms with Crippen molar-refractivity contribution in [2.75, 3.05) is 32.8 Å². The van der Waals surface area contributed by atoms with Crippen LogP contribution in [0, 0.1) is 5.92 Å². The van der Waals surface area contributed by atoms with Crippen LogP contribution in [0.1, 0.15) is 33.6 Å². The van der Waals surface area contributed by atoms with Crippen LogP contribution >= 0.6 is 0 Å². The molecule has 0 spiro atoms. The molecule has 0 radical (unpaired) electrons. The maximum Gasteiger partial charge on any atom is 0.237 e. The molecule has 5 nitrogen and oxygen atoms in total. The van der Waals surface area contributed by atoms with Crippen molar-refractivity contribution in [1.29, 1.82) is 0 Å². The van der Waals surface area contributed by atoms with Gasteiger partial charge in [0.05, 0.1) is 19.3 Å². The third-order valence-electron chi connectivity index (χ3n) is 3.93. The van der Waals surface area contributed by atoms with Crippen molar-refractivity contribution >= 4 is 5.91 Å². The lowest BCUT2D eigenvalue weighted by molar-refractivity contribution is -0.124. The van der Waals surface area contributed by atoms with E-state index in [1.807, 2.05) is 13.8 Å². The first-order valence-electron chi connectivity index (χ1n) is 7.40. The van der Waals surface area contributed by atoms with E-state index in [1.54, 1.807) is 0 Å². The second kappa shape index (κ2) is 8.51. The Labute approximate surface area is 116 Å². The predicted molar refractivity (Wildman–Crippen MR) is 76.9 cm³/mol. The third kappa shape index (κ3) is 5.89. The molecule has 0 aromatic carbocycles. The first-order chi connectivity index (χ1) is 9.04. The molecule has 3 N–H and O–H groups in total. The van der Waals surface area contributed by atoms with Crippen molar-refractivity contribution in [3.05, 3.63) is 0 Å². The molecule has 0 aliphatic carbocycles. The monoisotopic (exact) mass is 271 g/mol. The van der Waals surface area contributed by atoms with E-state index in [0.29, 0.717) is 0 Å². The highest BCUT2D eigenvalue weighted by Gasteiger charge is 2.21. The van der Waals surface area contributed by atoms with Crippen LogP contribution in [-0.2, 0) is 9.53 Å². The Morgan fingerprint density at radius 1 is 1.37 bits per heavy atom. The summed E-state index contributed by atoms with van der Waals surface area (Å²) >= 11 is 0. The van der Waals surface area contributed by atoms with Crippen LogP contribution in [0.2, 0.25) is 0 Å². The zero-order valence-corrected chi connectivity index (χ0v) is 12.5. The number of nitrogens with two attached hydrogens (primary N) is 1. The van der Waals surface area contributed by atoms with Gasteiger partial charge in [-0.05, 0) is 19.3 Å². The van der Waals surface area contributed by atoms with Gasteiger partial charge in [0.25, 0.3) is 0 Å². The summed E-state index contributed by atoms with van der Waals surface area (Å²) in [5.41, 5.74) is 5.92. The summed E-state index contributed by atoms with van der Waals surface area (Å²) in [7, 11) is 0. The molecule has 0 aromatic heterocycles. The zero-order chi connectivity index (χ0) is 14.3. The van der Waals surface area contributed by atoms with Crippen LogP contribution in [0.15, 0.2) is 0 Å². The number of nitrogens with zero attached hydrogens (tertiary/aromatic N) is 1. The van der Waals surface area contributed by atoms with Crippen molar-refractivity contribution in [2.24, 2.45) is 11.7 Å². The average molecular weight is 271 g/mol. The fourth-order valence-corrected chi connectivity index (χ4v) is 2.12. The molecule has 1 heterocycles. The summed E-state index contributed by atoms with van der Waals surface area (Å²) in [6.07, 6.45) is 1.88. The van der Waals surface area contributed by atoms with Gasteiger partial charge >= 0.3 is 0 Å². The molecule has 0 saturated carbocycles. The SMILES string of the molecule is CCC(C)C(N)C(=O)NC(C)CCN1CCOCC1. The summed E-state index contributed by atoms with van der Waals surface area (Å²) in [6.45, 7) is 10.7. The normalized spacial score (nSPS) is 21.7. The van der Waals surface area contributed by atoms with Crippen LogP contribution < -0.4 is 11.1 Å². The molecule has 0 bridgehead atoms. The van der Waals surface area contributed by atoms with Gasteiger partial charge in [-0.3, -0.25) is 9.69 Å². The molecule has 5 heteroatoms. The summed E-state index contributed by atoms with van der Waals surface area (Å²) in [6, 6.07) is -0.221. The number of amides is 1. The van der Waals surface area contributed by atoms with Gasteiger partial charge in [-0.2, -0.15) is 0 Å². The maximum absolute atomic E-state index is 11.9. The molecule has 3 atom stereocenters. The Morgan fingerprint density at radius 2 is 2.00 bits per heavy atom. The smallest absolute Gasteiger partial charge is 0.237 e. The molecule has 1 amide bonds. The van der Waals surface area contributed by atoms with Crippen LogP contribution in [0.5, 0.6) is 0 Å². The van der Waals surface area contributed by atoms with Gasteiger partial charge in [-0.1, -0.05) is 20.3 Å². The summed E-state index contributed by atoms with van der Waals surface area (Å²) in [5.74, 6) is 0.204. The van der Waals surface area contributed by atoms with Crippen LogP contribution in [0.4, 0.5) is 0 Å². The highest BCUT2D eigenvalue weighted by atomic mass is 16.5. The Morgan fingerprint density at radius 3 is 2.58 bits per heavy atom. The molecule has 1 fully saturated rings. The number of carbonyl (C=O) groups excluding carboxylic acids is 1. The van der Waals surface area contributed by atoms with Gasteiger partial charge in [0.1, 0.15) is 0 Å². The Kier molecular flexibility index (Phi) is 7.34. The molecular weight excluding hydrogens is 242 g/mol. The Bertz CT molecular complexity index is 267. The molecule has 19 heavy (non-hydrogen) atoms. The second-order valence-electron chi connectivity index (χ2n) is 5.56. The topological polar surface area (TPSA) is 67.6 Å². The highest BCUT2D eigenvalue weighted by molar-refractivity contribution is 5.82. The molecule has 3 unspecified atom stereocenters. The lowest BCUT2D eigenvalue weighted by Gasteiger charge is -2.28. The van der Waals surface area contributed by atoms with E-state index in [2.05, 4.69) is 17.1 Å². The fourth-order valence-electron chi connectivity index (χ4n) is 2.12. The molecule has 1 saturated heterocycles. The lowest BCUT2D eigenvalue weighted by atomic mass is 9.99. The second-order valence-corrected chi connectivity index (χ2v) is 5.56. The molecule has 112 valence electrons. The molecule has 1 aliphatic heterocycles. The average Bonchev–Trinajstić information content (AvgIpc) is 2.44. The van der Waals surface area contributed by atoms with E-state index in [9.17, 15) is 4.79 Å². The van der Waals surface area contributed by atoms with Crippen molar-refractivity contribution in [3.63, 3.8) is 0 Å². The largest absolute Gasteiger partial charge is 0.379 e. The van der Waals surface area contributed by atoms with Gasteiger partial charge in [-0.15, -0.1) is 0 Å².